The van der Waals surface area contributed by atoms with Gasteiger partial charge in [0.05, 0.1) is 38.0 Å². The molecule has 0 bridgehead atoms. The third-order valence-corrected chi connectivity index (χ3v) is 5.36. The van der Waals surface area contributed by atoms with Crippen molar-refractivity contribution in [2.75, 3.05) is 26.8 Å². The second-order valence-corrected chi connectivity index (χ2v) is 7.88. The Morgan fingerprint density at radius 1 is 1.23 bits per heavy atom. The molecule has 1 fully saturated rings. The first-order chi connectivity index (χ1) is 12.6. The van der Waals surface area contributed by atoms with E-state index in [9.17, 15) is 0 Å². The Bertz CT molecular complexity index is 666. The minimum atomic E-state index is 0.0326. The van der Waals surface area contributed by atoms with Gasteiger partial charge in [0.2, 0.25) is 0 Å². The molecule has 1 aromatic heterocycles. The maximum Gasteiger partial charge on any atom is 0.122 e. The fraction of sp³-hybridized carbons (Fsp3) is 0.545. The van der Waals surface area contributed by atoms with Crippen LogP contribution in [0.25, 0.3) is 0 Å². The summed E-state index contributed by atoms with van der Waals surface area (Å²) < 4.78 is 17.2. The van der Waals surface area contributed by atoms with Crippen molar-refractivity contribution in [3.8, 4) is 5.75 Å². The maximum absolute atomic E-state index is 5.83. The van der Waals surface area contributed by atoms with Crippen LogP contribution in [0, 0.1) is 5.92 Å². The molecule has 1 aromatic carbocycles. The van der Waals surface area contributed by atoms with Gasteiger partial charge in [0.25, 0.3) is 0 Å². The van der Waals surface area contributed by atoms with Gasteiger partial charge in [-0.3, -0.25) is 0 Å². The van der Waals surface area contributed by atoms with Gasteiger partial charge in [0.1, 0.15) is 11.5 Å². The number of furan rings is 1. The topological polar surface area (TPSA) is 48.2 Å². The molecule has 26 heavy (non-hydrogen) atoms. The van der Waals surface area contributed by atoms with Crippen LogP contribution < -0.4 is 10.1 Å². The summed E-state index contributed by atoms with van der Waals surface area (Å²) in [5.74, 6) is 2.91. The van der Waals surface area contributed by atoms with E-state index < -0.39 is 0 Å². The molecule has 1 aliphatic rings. The number of para-hydroxylation sites is 1. The van der Waals surface area contributed by atoms with Crippen molar-refractivity contribution >= 4 is 0 Å². The Hall–Kier alpha value is -1.78. The molecule has 0 unspecified atom stereocenters. The number of quaternary nitrogens is 1. The number of rotatable bonds is 8. The molecule has 4 nitrogen and oxygen atoms in total. The lowest BCUT2D eigenvalue weighted by Gasteiger charge is -2.34. The van der Waals surface area contributed by atoms with Crippen molar-refractivity contribution in [3.05, 3.63) is 54.0 Å². The van der Waals surface area contributed by atoms with Crippen LogP contribution in [0.5, 0.6) is 5.75 Å². The minimum Gasteiger partial charge on any atom is -0.496 e. The van der Waals surface area contributed by atoms with Gasteiger partial charge in [-0.15, -0.1) is 0 Å². The van der Waals surface area contributed by atoms with E-state index in [1.54, 1.807) is 13.4 Å². The fourth-order valence-corrected chi connectivity index (χ4v) is 4.09. The van der Waals surface area contributed by atoms with Crippen LogP contribution in [-0.2, 0) is 4.74 Å². The largest absolute Gasteiger partial charge is 0.496 e. The van der Waals surface area contributed by atoms with Crippen LogP contribution in [0.3, 0.4) is 0 Å². The highest BCUT2D eigenvalue weighted by molar-refractivity contribution is 5.39. The van der Waals surface area contributed by atoms with Crippen molar-refractivity contribution in [1.82, 2.24) is 0 Å². The second-order valence-electron chi connectivity index (χ2n) is 7.88. The van der Waals surface area contributed by atoms with E-state index >= 15 is 0 Å². The van der Waals surface area contributed by atoms with Crippen LogP contribution in [-0.4, -0.2) is 32.4 Å². The van der Waals surface area contributed by atoms with Crippen LogP contribution >= 0.6 is 0 Å². The van der Waals surface area contributed by atoms with Crippen molar-refractivity contribution in [1.29, 1.82) is 0 Å². The first kappa shape index (κ1) is 19.0. The summed E-state index contributed by atoms with van der Waals surface area (Å²) in [6, 6.07) is 12.3. The summed E-state index contributed by atoms with van der Waals surface area (Å²) in [5.41, 5.74) is 1.23. The Morgan fingerprint density at radius 2 is 2.08 bits per heavy atom. The zero-order chi connectivity index (χ0) is 18.4. The predicted octanol–water partition coefficient (Wildman–Crippen LogP) is 3.58. The molecule has 2 heterocycles. The number of hydrogen-bond acceptors (Lipinski definition) is 3. The highest BCUT2D eigenvalue weighted by Gasteiger charge is 2.29. The maximum atomic E-state index is 5.83. The van der Waals surface area contributed by atoms with Crippen molar-refractivity contribution < 1.29 is 19.2 Å². The number of methoxy groups -OCH3 is 1. The average Bonchev–Trinajstić information content (AvgIpc) is 3.15. The summed E-state index contributed by atoms with van der Waals surface area (Å²) in [4.78, 5) is 0. The zero-order valence-corrected chi connectivity index (χ0v) is 16.2. The first-order valence-electron chi connectivity index (χ1n) is 9.71. The highest BCUT2D eigenvalue weighted by atomic mass is 16.5. The second kappa shape index (κ2) is 8.74. The quantitative estimate of drug-likeness (QED) is 0.734. The Morgan fingerprint density at radius 3 is 2.81 bits per heavy atom. The molecule has 1 aliphatic heterocycles. The molecule has 142 valence electrons. The van der Waals surface area contributed by atoms with Crippen molar-refractivity contribution in [3.63, 3.8) is 0 Å². The lowest BCUT2D eigenvalue weighted by atomic mass is 9.88. The van der Waals surface area contributed by atoms with Gasteiger partial charge in [0, 0.05) is 24.5 Å². The summed E-state index contributed by atoms with van der Waals surface area (Å²) in [6.07, 6.45) is 5.11. The van der Waals surface area contributed by atoms with Gasteiger partial charge < -0.3 is 19.2 Å². The Labute approximate surface area is 156 Å². The monoisotopic (exact) mass is 358 g/mol. The van der Waals surface area contributed by atoms with Crippen molar-refractivity contribution in [2.45, 2.75) is 44.6 Å². The Kier molecular flexibility index (Phi) is 6.38. The minimum absolute atomic E-state index is 0.0326. The molecule has 0 aliphatic carbocycles. The van der Waals surface area contributed by atoms with Crippen LogP contribution in [0.15, 0.2) is 47.1 Å². The molecule has 1 saturated heterocycles. The van der Waals surface area contributed by atoms with Crippen molar-refractivity contribution in [2.24, 2.45) is 5.92 Å². The summed E-state index contributed by atoms with van der Waals surface area (Å²) in [6.45, 7) is 7.54. The third-order valence-electron chi connectivity index (χ3n) is 5.36. The number of hydrogen-bond donors (Lipinski definition) is 1. The number of benzene rings is 1. The molecule has 2 atom stereocenters. The van der Waals surface area contributed by atoms with Gasteiger partial charge in [-0.2, -0.15) is 0 Å². The molecule has 0 spiro atoms. The average molecular weight is 359 g/mol. The van der Waals surface area contributed by atoms with E-state index in [0.29, 0.717) is 0 Å². The lowest BCUT2D eigenvalue weighted by molar-refractivity contribution is -0.661. The SMILES string of the molecule is COc1ccccc1[C@@H](CC[NH2+]C[C@H]1CCOC(C)(C)C1)c1ccco1. The molecular weight excluding hydrogens is 326 g/mol. The molecule has 2 aromatic rings. The van der Waals surface area contributed by atoms with E-state index in [1.165, 1.54) is 18.5 Å². The fourth-order valence-electron chi connectivity index (χ4n) is 4.09. The van der Waals surface area contributed by atoms with Crippen LogP contribution in [0.2, 0.25) is 0 Å². The normalized spacial score (nSPS) is 20.7. The predicted molar refractivity (Wildman–Crippen MR) is 103 cm³/mol. The van der Waals surface area contributed by atoms with E-state index in [2.05, 4.69) is 37.4 Å². The zero-order valence-electron chi connectivity index (χ0n) is 16.2. The highest BCUT2D eigenvalue weighted by Crippen LogP contribution is 2.34. The van der Waals surface area contributed by atoms with E-state index in [-0.39, 0.29) is 11.5 Å². The molecule has 0 amide bonds. The molecule has 4 heteroatoms. The van der Waals surface area contributed by atoms with E-state index in [4.69, 9.17) is 13.9 Å². The summed E-state index contributed by atoms with van der Waals surface area (Å²) >= 11 is 0. The van der Waals surface area contributed by atoms with Gasteiger partial charge >= 0.3 is 0 Å². The van der Waals surface area contributed by atoms with Gasteiger partial charge in [-0.05, 0) is 44.9 Å². The molecule has 0 radical (unpaired) electrons. The smallest absolute Gasteiger partial charge is 0.122 e. The van der Waals surface area contributed by atoms with E-state index in [0.717, 1.165) is 43.4 Å². The molecule has 0 saturated carbocycles. The number of ether oxygens (including phenoxy) is 2. The van der Waals surface area contributed by atoms with Gasteiger partial charge in [0.15, 0.2) is 0 Å². The number of nitrogens with two attached hydrogens (primary N) is 1. The standard InChI is InChI=1S/C22H31NO3/c1-22(2)15-17(11-14-26-22)16-23-12-10-19(21-9-6-13-25-21)18-7-4-5-8-20(18)24-3/h4-9,13,17,19,23H,10-12,14-16H2,1-3H3/p+1/t17-,19+/m0/s1. The molecular formula is C22H32NO3+. The van der Waals surface area contributed by atoms with E-state index in [1.807, 2.05) is 18.2 Å². The van der Waals surface area contributed by atoms with Gasteiger partial charge in [-0.1, -0.05) is 18.2 Å². The summed E-state index contributed by atoms with van der Waals surface area (Å²) in [7, 11) is 1.73. The summed E-state index contributed by atoms with van der Waals surface area (Å²) in [5, 5.41) is 2.46. The van der Waals surface area contributed by atoms with Gasteiger partial charge in [-0.25, -0.2) is 0 Å². The lowest BCUT2D eigenvalue weighted by Crippen LogP contribution is -2.86. The molecule has 2 N–H and O–H groups in total. The third kappa shape index (κ3) is 4.89. The molecule has 3 rings (SSSR count). The van der Waals surface area contributed by atoms with Crippen LogP contribution in [0.4, 0.5) is 0 Å². The first-order valence-corrected chi connectivity index (χ1v) is 9.71. The Balaban J connectivity index is 1.59. The van der Waals surface area contributed by atoms with Crippen LogP contribution in [0.1, 0.15) is 50.4 Å².